The van der Waals surface area contributed by atoms with Crippen molar-refractivity contribution >= 4 is 11.6 Å². The molecular weight excluding hydrogens is 294 g/mol. The van der Waals surface area contributed by atoms with Crippen molar-refractivity contribution in [3.63, 3.8) is 0 Å². The number of methoxy groups -OCH3 is 1. The molecule has 1 aromatic rings. The van der Waals surface area contributed by atoms with E-state index in [0.29, 0.717) is 23.8 Å². The van der Waals surface area contributed by atoms with Gasteiger partial charge in [-0.1, -0.05) is 13.8 Å². The van der Waals surface area contributed by atoms with E-state index < -0.39 is 5.54 Å². The summed E-state index contributed by atoms with van der Waals surface area (Å²) in [5, 5.41) is 2.85. The van der Waals surface area contributed by atoms with Crippen LogP contribution < -0.4 is 20.5 Å². The summed E-state index contributed by atoms with van der Waals surface area (Å²) in [4.78, 5) is 14.3. The quantitative estimate of drug-likeness (QED) is 0.726. The third-order valence-corrected chi connectivity index (χ3v) is 4.22. The first-order valence-corrected chi connectivity index (χ1v) is 8.16. The Balaban J connectivity index is 1.99. The summed E-state index contributed by atoms with van der Waals surface area (Å²) in [5.74, 6) is 1.13. The predicted molar refractivity (Wildman–Crippen MR) is 91.1 cm³/mol. The van der Waals surface area contributed by atoms with Crippen LogP contribution in [-0.4, -0.2) is 49.7 Å². The molecule has 0 bridgehead atoms. The highest BCUT2D eigenvalue weighted by Gasteiger charge is 2.45. The van der Waals surface area contributed by atoms with Crippen LogP contribution in [0.15, 0.2) is 18.2 Å². The Morgan fingerprint density at radius 2 is 2.00 bits per heavy atom. The zero-order valence-corrected chi connectivity index (χ0v) is 14.2. The summed E-state index contributed by atoms with van der Waals surface area (Å²) >= 11 is 0. The zero-order valence-electron chi connectivity index (χ0n) is 14.2. The molecule has 1 saturated carbocycles. The van der Waals surface area contributed by atoms with E-state index in [1.165, 1.54) is 0 Å². The van der Waals surface area contributed by atoms with Crippen LogP contribution in [0.4, 0.5) is 5.69 Å². The minimum absolute atomic E-state index is 0.142. The van der Waals surface area contributed by atoms with Crippen molar-refractivity contribution in [3.05, 3.63) is 18.2 Å². The number of rotatable bonds is 9. The second-order valence-electron chi connectivity index (χ2n) is 5.85. The molecule has 6 heteroatoms. The molecule has 128 valence electrons. The van der Waals surface area contributed by atoms with Gasteiger partial charge < -0.3 is 25.4 Å². The number of hydrogen-bond donors (Lipinski definition) is 2. The second-order valence-corrected chi connectivity index (χ2v) is 5.85. The molecule has 1 fully saturated rings. The largest absolute Gasteiger partial charge is 0.493 e. The maximum atomic E-state index is 12.0. The fraction of sp³-hybridized carbons (Fsp3) is 0.588. The summed E-state index contributed by atoms with van der Waals surface area (Å²) in [7, 11) is 1.60. The molecule has 1 aliphatic carbocycles. The van der Waals surface area contributed by atoms with Gasteiger partial charge >= 0.3 is 0 Å². The Labute approximate surface area is 137 Å². The molecule has 0 spiro atoms. The van der Waals surface area contributed by atoms with Crippen LogP contribution in [0.25, 0.3) is 0 Å². The van der Waals surface area contributed by atoms with E-state index in [9.17, 15) is 4.79 Å². The molecule has 0 atom stereocenters. The summed E-state index contributed by atoms with van der Waals surface area (Å²) in [5.41, 5.74) is 5.88. The lowest BCUT2D eigenvalue weighted by molar-refractivity contribution is -0.118. The van der Waals surface area contributed by atoms with E-state index in [2.05, 4.69) is 24.1 Å². The molecule has 0 heterocycles. The van der Waals surface area contributed by atoms with Gasteiger partial charge in [-0.2, -0.15) is 0 Å². The Kier molecular flexibility index (Phi) is 5.85. The average molecular weight is 321 g/mol. The highest BCUT2D eigenvalue weighted by Crippen LogP contribution is 2.35. The molecule has 0 aromatic heterocycles. The average Bonchev–Trinajstić information content (AvgIpc) is 3.31. The number of amides is 1. The Morgan fingerprint density at radius 1 is 1.30 bits per heavy atom. The van der Waals surface area contributed by atoms with E-state index in [0.717, 1.165) is 32.5 Å². The summed E-state index contributed by atoms with van der Waals surface area (Å²) < 4.78 is 11.2. The molecule has 0 saturated heterocycles. The van der Waals surface area contributed by atoms with Gasteiger partial charge in [0.25, 0.3) is 0 Å². The third kappa shape index (κ3) is 4.59. The van der Waals surface area contributed by atoms with E-state index in [1.807, 2.05) is 0 Å². The first kappa shape index (κ1) is 17.6. The number of nitrogens with zero attached hydrogens (tertiary/aromatic N) is 1. The summed E-state index contributed by atoms with van der Waals surface area (Å²) in [6.45, 7) is 7.65. The topological polar surface area (TPSA) is 76.8 Å². The Bertz CT molecular complexity index is 540. The number of nitrogens with one attached hydrogen (secondary N) is 1. The van der Waals surface area contributed by atoms with Crippen LogP contribution in [0.1, 0.15) is 26.7 Å². The molecule has 23 heavy (non-hydrogen) atoms. The Hall–Kier alpha value is -1.79. The van der Waals surface area contributed by atoms with Gasteiger partial charge in [0.05, 0.1) is 12.6 Å². The molecule has 1 aromatic carbocycles. The Morgan fingerprint density at radius 3 is 2.57 bits per heavy atom. The monoisotopic (exact) mass is 321 g/mol. The van der Waals surface area contributed by atoms with E-state index in [-0.39, 0.29) is 5.91 Å². The zero-order chi connectivity index (χ0) is 16.9. The van der Waals surface area contributed by atoms with Crippen molar-refractivity contribution < 1.29 is 14.3 Å². The van der Waals surface area contributed by atoms with Gasteiger partial charge in [0.1, 0.15) is 6.61 Å². The van der Waals surface area contributed by atoms with Gasteiger partial charge in [-0.3, -0.25) is 4.79 Å². The van der Waals surface area contributed by atoms with Gasteiger partial charge in [-0.05, 0) is 38.1 Å². The lowest BCUT2D eigenvalue weighted by Crippen LogP contribution is -2.37. The molecule has 2 rings (SSSR count). The standard InChI is InChI=1S/C17H27N3O3/c1-4-20(5-2)10-11-23-15-12-13(6-7-14(15)22-3)19-16(21)17(18)8-9-17/h6-7,12H,4-5,8-11,18H2,1-3H3,(H,19,21). The lowest BCUT2D eigenvalue weighted by atomic mass is 10.2. The number of hydrogen-bond acceptors (Lipinski definition) is 5. The number of likely N-dealkylation sites (N-methyl/N-ethyl adjacent to an activating group) is 1. The molecular formula is C17H27N3O3. The van der Waals surface area contributed by atoms with Crippen molar-refractivity contribution in [3.8, 4) is 11.5 Å². The normalized spacial score (nSPS) is 15.3. The van der Waals surface area contributed by atoms with Crippen LogP contribution >= 0.6 is 0 Å². The summed E-state index contributed by atoms with van der Waals surface area (Å²) in [6.07, 6.45) is 1.48. The van der Waals surface area contributed by atoms with Crippen LogP contribution in [0.2, 0.25) is 0 Å². The van der Waals surface area contributed by atoms with E-state index in [1.54, 1.807) is 25.3 Å². The van der Waals surface area contributed by atoms with Crippen LogP contribution in [0, 0.1) is 0 Å². The van der Waals surface area contributed by atoms with E-state index in [4.69, 9.17) is 15.2 Å². The molecule has 0 unspecified atom stereocenters. The number of anilines is 1. The highest BCUT2D eigenvalue weighted by atomic mass is 16.5. The fourth-order valence-corrected chi connectivity index (χ4v) is 2.31. The van der Waals surface area contributed by atoms with Gasteiger partial charge in [0, 0.05) is 18.3 Å². The molecule has 3 N–H and O–H groups in total. The van der Waals surface area contributed by atoms with Gasteiger partial charge in [0.15, 0.2) is 11.5 Å². The minimum Gasteiger partial charge on any atom is -0.493 e. The van der Waals surface area contributed by atoms with Crippen molar-refractivity contribution in [1.29, 1.82) is 0 Å². The van der Waals surface area contributed by atoms with Crippen molar-refractivity contribution in [1.82, 2.24) is 4.90 Å². The minimum atomic E-state index is -0.691. The molecule has 1 amide bonds. The van der Waals surface area contributed by atoms with Gasteiger partial charge in [0.2, 0.25) is 5.91 Å². The van der Waals surface area contributed by atoms with Gasteiger partial charge in [-0.15, -0.1) is 0 Å². The van der Waals surface area contributed by atoms with Crippen molar-refractivity contribution in [2.75, 3.05) is 38.7 Å². The van der Waals surface area contributed by atoms with Crippen LogP contribution in [0.3, 0.4) is 0 Å². The second kappa shape index (κ2) is 7.66. The van der Waals surface area contributed by atoms with E-state index >= 15 is 0 Å². The molecule has 6 nitrogen and oxygen atoms in total. The third-order valence-electron chi connectivity index (χ3n) is 4.22. The lowest BCUT2D eigenvalue weighted by Gasteiger charge is -2.19. The predicted octanol–water partition coefficient (Wildman–Crippen LogP) is 1.85. The highest BCUT2D eigenvalue weighted by molar-refractivity contribution is 6.00. The van der Waals surface area contributed by atoms with Gasteiger partial charge in [-0.25, -0.2) is 0 Å². The van der Waals surface area contributed by atoms with Crippen LogP contribution in [-0.2, 0) is 4.79 Å². The first-order chi connectivity index (χ1) is 11.0. The van der Waals surface area contributed by atoms with Crippen molar-refractivity contribution in [2.45, 2.75) is 32.2 Å². The van der Waals surface area contributed by atoms with Crippen LogP contribution in [0.5, 0.6) is 11.5 Å². The molecule has 0 aliphatic heterocycles. The first-order valence-electron chi connectivity index (χ1n) is 8.16. The van der Waals surface area contributed by atoms with Crippen molar-refractivity contribution in [2.24, 2.45) is 5.73 Å². The fourth-order valence-electron chi connectivity index (χ4n) is 2.31. The number of carbonyl (C=O) groups excluding carboxylic acids is 1. The maximum absolute atomic E-state index is 12.0. The molecule has 1 aliphatic rings. The molecule has 0 radical (unpaired) electrons. The maximum Gasteiger partial charge on any atom is 0.244 e. The summed E-state index contributed by atoms with van der Waals surface area (Å²) in [6, 6.07) is 5.36. The SMILES string of the molecule is CCN(CC)CCOc1cc(NC(=O)C2(N)CC2)ccc1OC. The number of carbonyl (C=O) groups is 1. The number of ether oxygens (including phenoxy) is 2. The number of benzene rings is 1. The number of nitrogens with two attached hydrogens (primary N) is 1. The smallest absolute Gasteiger partial charge is 0.244 e.